The number of hydrogen-bond donors (Lipinski definition) is 2. The first-order valence-corrected chi connectivity index (χ1v) is 10.4. The van der Waals surface area contributed by atoms with Gasteiger partial charge in [0.15, 0.2) is 5.65 Å². The van der Waals surface area contributed by atoms with Crippen LogP contribution in [0.2, 0.25) is 5.02 Å². The fourth-order valence-corrected chi connectivity index (χ4v) is 3.54. The number of rotatable bonds is 6. The normalized spacial score (nSPS) is 11.4. The standard InChI is InChI=1S/C21H22ClN7O2/c1-4-13(5-2)19(30)24-17-10-12(3)27-29(17)21-25-18-16(20(31)26-21)11-23-28(18)15-8-6-14(22)7-9-15/h6-11,13H,4-5H2,1-3H3,(H,24,30)(H,25,26,31). The lowest BCUT2D eigenvalue weighted by atomic mass is 10.0. The SMILES string of the molecule is CCC(CC)C(=O)Nc1cc(C)nn1-c1nc2c(cnn2-c2ccc(Cl)cc2)c(=O)[nH]1. The van der Waals surface area contributed by atoms with E-state index < -0.39 is 0 Å². The topological polar surface area (TPSA) is 110 Å². The Balaban J connectivity index is 1.81. The van der Waals surface area contributed by atoms with Crippen molar-refractivity contribution in [2.75, 3.05) is 5.32 Å². The van der Waals surface area contributed by atoms with Gasteiger partial charge in [0.25, 0.3) is 5.56 Å². The first-order chi connectivity index (χ1) is 14.9. The molecule has 31 heavy (non-hydrogen) atoms. The number of hydrogen-bond acceptors (Lipinski definition) is 5. The second-order valence-corrected chi connectivity index (χ2v) is 7.68. The fraction of sp³-hybridized carbons (Fsp3) is 0.286. The second kappa shape index (κ2) is 8.35. The lowest BCUT2D eigenvalue weighted by Gasteiger charge is -2.13. The number of halogens is 1. The number of H-pyrrole nitrogens is 1. The molecule has 0 aliphatic heterocycles. The molecular formula is C21H22ClN7O2. The summed E-state index contributed by atoms with van der Waals surface area (Å²) in [4.78, 5) is 32.6. The first kappa shape index (κ1) is 20.8. The highest BCUT2D eigenvalue weighted by Gasteiger charge is 2.19. The average Bonchev–Trinajstić information content (AvgIpc) is 3.33. The fourth-order valence-electron chi connectivity index (χ4n) is 3.42. The van der Waals surface area contributed by atoms with Crippen molar-refractivity contribution in [1.29, 1.82) is 0 Å². The minimum Gasteiger partial charge on any atom is -0.310 e. The van der Waals surface area contributed by atoms with Gasteiger partial charge in [-0.05, 0) is 44.0 Å². The molecule has 4 aromatic rings. The van der Waals surface area contributed by atoms with Gasteiger partial charge in [-0.3, -0.25) is 14.6 Å². The van der Waals surface area contributed by atoms with Crippen LogP contribution in [0.5, 0.6) is 0 Å². The van der Waals surface area contributed by atoms with Crippen LogP contribution in [0.1, 0.15) is 32.4 Å². The lowest BCUT2D eigenvalue weighted by Crippen LogP contribution is -2.24. The Hall–Kier alpha value is -3.46. The average molecular weight is 440 g/mol. The van der Waals surface area contributed by atoms with E-state index >= 15 is 0 Å². The van der Waals surface area contributed by atoms with Crippen LogP contribution in [0.15, 0.2) is 41.3 Å². The highest BCUT2D eigenvalue weighted by molar-refractivity contribution is 6.30. The van der Waals surface area contributed by atoms with Crippen LogP contribution >= 0.6 is 11.6 Å². The molecule has 0 saturated carbocycles. The molecule has 0 atom stereocenters. The summed E-state index contributed by atoms with van der Waals surface area (Å²) in [6.07, 6.45) is 2.93. The van der Waals surface area contributed by atoms with Crippen LogP contribution in [-0.2, 0) is 4.79 Å². The Labute approximate surface area is 183 Å². The number of aryl methyl sites for hydroxylation is 1. The van der Waals surface area contributed by atoms with E-state index in [9.17, 15) is 9.59 Å². The maximum atomic E-state index is 12.7. The van der Waals surface area contributed by atoms with Crippen molar-refractivity contribution in [3.8, 4) is 11.6 Å². The van der Waals surface area contributed by atoms with Crippen LogP contribution < -0.4 is 10.9 Å². The largest absolute Gasteiger partial charge is 0.310 e. The van der Waals surface area contributed by atoms with E-state index in [2.05, 4.69) is 25.5 Å². The van der Waals surface area contributed by atoms with E-state index in [1.165, 1.54) is 10.9 Å². The number of aromatic amines is 1. The van der Waals surface area contributed by atoms with E-state index in [0.717, 1.165) is 12.8 Å². The summed E-state index contributed by atoms with van der Waals surface area (Å²) in [5.74, 6) is 0.417. The molecule has 0 fully saturated rings. The van der Waals surface area contributed by atoms with Crippen LogP contribution in [0.4, 0.5) is 5.82 Å². The van der Waals surface area contributed by atoms with Crippen LogP contribution in [-0.4, -0.2) is 35.4 Å². The summed E-state index contributed by atoms with van der Waals surface area (Å²) >= 11 is 5.98. The molecule has 2 N–H and O–H groups in total. The van der Waals surface area contributed by atoms with Crippen molar-refractivity contribution in [1.82, 2.24) is 29.5 Å². The van der Waals surface area contributed by atoms with E-state index in [4.69, 9.17) is 11.6 Å². The van der Waals surface area contributed by atoms with Gasteiger partial charge in [0, 0.05) is 17.0 Å². The monoisotopic (exact) mass is 439 g/mol. The number of nitrogens with one attached hydrogen (secondary N) is 2. The predicted octanol–water partition coefficient (Wildman–Crippen LogP) is 3.63. The summed E-state index contributed by atoms with van der Waals surface area (Å²) in [5, 5.41) is 12.6. The van der Waals surface area contributed by atoms with Crippen molar-refractivity contribution in [3.05, 3.63) is 57.6 Å². The van der Waals surface area contributed by atoms with Crippen LogP contribution in [0, 0.1) is 12.8 Å². The third kappa shape index (κ3) is 3.96. The summed E-state index contributed by atoms with van der Waals surface area (Å²) in [6, 6.07) is 8.79. The predicted molar refractivity (Wildman–Crippen MR) is 119 cm³/mol. The molecule has 0 spiro atoms. The van der Waals surface area contributed by atoms with Crippen molar-refractivity contribution in [2.45, 2.75) is 33.6 Å². The van der Waals surface area contributed by atoms with Gasteiger partial charge in [0.2, 0.25) is 11.9 Å². The lowest BCUT2D eigenvalue weighted by molar-refractivity contribution is -0.120. The molecule has 0 aliphatic rings. The van der Waals surface area contributed by atoms with E-state index in [-0.39, 0.29) is 23.3 Å². The van der Waals surface area contributed by atoms with Crippen molar-refractivity contribution in [2.24, 2.45) is 5.92 Å². The van der Waals surface area contributed by atoms with E-state index in [1.54, 1.807) is 41.9 Å². The molecule has 9 nitrogen and oxygen atoms in total. The molecule has 1 amide bonds. The molecule has 4 rings (SSSR count). The molecule has 0 radical (unpaired) electrons. The van der Waals surface area contributed by atoms with Gasteiger partial charge in [0.1, 0.15) is 11.2 Å². The third-order valence-electron chi connectivity index (χ3n) is 5.14. The molecule has 160 valence electrons. The Morgan fingerprint density at radius 2 is 1.90 bits per heavy atom. The number of nitrogens with zero attached hydrogens (tertiary/aromatic N) is 5. The van der Waals surface area contributed by atoms with Crippen molar-refractivity contribution in [3.63, 3.8) is 0 Å². The number of aromatic nitrogens is 6. The zero-order chi connectivity index (χ0) is 22.1. The third-order valence-corrected chi connectivity index (χ3v) is 5.39. The molecule has 3 aromatic heterocycles. The Morgan fingerprint density at radius 3 is 2.58 bits per heavy atom. The molecule has 1 aromatic carbocycles. The molecule has 0 aliphatic carbocycles. The number of amides is 1. The Kier molecular flexibility index (Phi) is 5.60. The summed E-state index contributed by atoms with van der Waals surface area (Å²) < 4.78 is 2.98. The van der Waals surface area contributed by atoms with Gasteiger partial charge in [-0.2, -0.15) is 19.9 Å². The quantitative estimate of drug-likeness (QED) is 0.476. The number of anilines is 1. The van der Waals surface area contributed by atoms with Gasteiger partial charge in [-0.15, -0.1) is 0 Å². The summed E-state index contributed by atoms with van der Waals surface area (Å²) in [5.41, 5.74) is 1.40. The van der Waals surface area contributed by atoms with Crippen molar-refractivity contribution < 1.29 is 4.79 Å². The molecule has 3 heterocycles. The number of fused-ring (bicyclic) bond motifs is 1. The molecule has 0 bridgehead atoms. The summed E-state index contributed by atoms with van der Waals surface area (Å²) in [7, 11) is 0. The van der Waals surface area contributed by atoms with Gasteiger partial charge in [-0.1, -0.05) is 25.4 Å². The van der Waals surface area contributed by atoms with Gasteiger partial charge in [0.05, 0.1) is 17.6 Å². The van der Waals surface area contributed by atoms with E-state index in [1.807, 2.05) is 13.8 Å². The van der Waals surface area contributed by atoms with Gasteiger partial charge >= 0.3 is 0 Å². The highest BCUT2D eigenvalue weighted by Crippen LogP contribution is 2.20. The zero-order valence-electron chi connectivity index (χ0n) is 17.4. The Morgan fingerprint density at radius 1 is 1.19 bits per heavy atom. The smallest absolute Gasteiger partial charge is 0.263 e. The minimum atomic E-state index is -0.356. The number of carbonyl (C=O) groups is 1. The Bertz CT molecular complexity index is 1300. The zero-order valence-corrected chi connectivity index (χ0v) is 18.1. The maximum absolute atomic E-state index is 12.7. The van der Waals surface area contributed by atoms with Crippen LogP contribution in [0.3, 0.4) is 0 Å². The minimum absolute atomic E-state index is 0.0965. The van der Waals surface area contributed by atoms with Gasteiger partial charge < -0.3 is 5.32 Å². The highest BCUT2D eigenvalue weighted by atomic mass is 35.5. The second-order valence-electron chi connectivity index (χ2n) is 7.25. The summed E-state index contributed by atoms with van der Waals surface area (Å²) in [6.45, 7) is 5.75. The number of benzene rings is 1. The molecule has 0 unspecified atom stereocenters. The first-order valence-electron chi connectivity index (χ1n) is 10.0. The molecule has 0 saturated heterocycles. The maximum Gasteiger partial charge on any atom is 0.263 e. The van der Waals surface area contributed by atoms with E-state index in [0.29, 0.717) is 33.3 Å². The number of carbonyl (C=O) groups excluding carboxylic acids is 1. The molecular weight excluding hydrogens is 418 g/mol. The van der Waals surface area contributed by atoms with Crippen molar-refractivity contribution >= 4 is 34.4 Å². The van der Waals surface area contributed by atoms with Crippen LogP contribution in [0.25, 0.3) is 22.7 Å². The van der Waals surface area contributed by atoms with Gasteiger partial charge in [-0.25, -0.2) is 4.68 Å². The molecule has 10 heteroatoms.